The first kappa shape index (κ1) is 18.0. The fourth-order valence-electron chi connectivity index (χ4n) is 2.78. The van der Waals surface area contributed by atoms with E-state index in [0.717, 1.165) is 0 Å². The smallest absolute Gasteiger partial charge is 0.253 e. The summed E-state index contributed by atoms with van der Waals surface area (Å²) >= 11 is 0. The van der Waals surface area contributed by atoms with Gasteiger partial charge in [0.1, 0.15) is 11.6 Å². The lowest BCUT2D eigenvalue weighted by atomic mass is 10.2. The van der Waals surface area contributed by atoms with Gasteiger partial charge in [-0.15, -0.1) is 0 Å². The van der Waals surface area contributed by atoms with Gasteiger partial charge in [0.05, 0.1) is 6.54 Å². The highest BCUT2D eigenvalue weighted by Gasteiger charge is 2.23. The Morgan fingerprint density at radius 2 is 1.77 bits per heavy atom. The normalized spacial score (nSPS) is 15.1. The highest BCUT2D eigenvalue weighted by molar-refractivity contribution is 5.94. The van der Waals surface area contributed by atoms with Gasteiger partial charge in [0, 0.05) is 45.8 Å². The van der Waals surface area contributed by atoms with Crippen LogP contribution in [0.1, 0.15) is 16.2 Å². The van der Waals surface area contributed by atoms with Crippen LogP contribution in [0, 0.1) is 5.82 Å². The van der Waals surface area contributed by atoms with E-state index < -0.39 is 0 Å². The maximum atomic E-state index is 13.0. The summed E-state index contributed by atoms with van der Waals surface area (Å²) in [5.74, 6) is 0.907. The summed E-state index contributed by atoms with van der Waals surface area (Å²) in [4.78, 5) is 30.9. The number of amides is 1. The van der Waals surface area contributed by atoms with Crippen LogP contribution < -0.4 is 10.6 Å². The summed E-state index contributed by atoms with van der Waals surface area (Å²) in [5.41, 5.74) is 6.25. The molecule has 2 heterocycles. The van der Waals surface area contributed by atoms with Crippen LogP contribution in [0.15, 0.2) is 24.3 Å². The Balaban J connectivity index is 1.59. The maximum absolute atomic E-state index is 13.0. The number of nitrogen functional groups attached to an aromatic ring is 1. The quantitative estimate of drug-likeness (QED) is 0.855. The molecule has 1 fully saturated rings. The zero-order valence-corrected chi connectivity index (χ0v) is 14.9. The molecule has 1 amide bonds. The van der Waals surface area contributed by atoms with E-state index in [-0.39, 0.29) is 17.7 Å². The molecule has 1 aliphatic heterocycles. The molecule has 0 saturated carbocycles. The third-order valence-electron chi connectivity index (χ3n) is 4.20. The minimum atomic E-state index is -0.347. The van der Waals surface area contributed by atoms with Crippen molar-refractivity contribution in [3.63, 3.8) is 0 Å². The van der Waals surface area contributed by atoms with Crippen LogP contribution >= 0.6 is 0 Å². The second-order valence-corrected chi connectivity index (χ2v) is 6.38. The molecule has 0 bridgehead atoms. The second kappa shape index (κ2) is 7.61. The van der Waals surface area contributed by atoms with Crippen molar-refractivity contribution >= 4 is 17.8 Å². The van der Waals surface area contributed by atoms with Gasteiger partial charge < -0.3 is 15.5 Å². The minimum Gasteiger partial charge on any atom is -0.368 e. The fraction of sp³-hybridized carbons (Fsp3) is 0.412. The number of rotatable bonds is 4. The van der Waals surface area contributed by atoms with Crippen LogP contribution in [0.2, 0.25) is 0 Å². The van der Waals surface area contributed by atoms with Crippen LogP contribution in [-0.2, 0) is 6.54 Å². The summed E-state index contributed by atoms with van der Waals surface area (Å²) in [6, 6.07) is 5.63. The van der Waals surface area contributed by atoms with Gasteiger partial charge in [-0.05, 0) is 24.3 Å². The molecule has 138 valence electrons. The molecule has 8 nitrogen and oxygen atoms in total. The molecule has 0 atom stereocenters. The van der Waals surface area contributed by atoms with Gasteiger partial charge in [-0.2, -0.15) is 15.0 Å². The van der Waals surface area contributed by atoms with E-state index in [0.29, 0.717) is 50.1 Å². The first-order valence-corrected chi connectivity index (χ1v) is 8.37. The van der Waals surface area contributed by atoms with Crippen LogP contribution in [0.5, 0.6) is 0 Å². The first-order chi connectivity index (χ1) is 12.4. The molecule has 0 unspecified atom stereocenters. The molecule has 0 aliphatic carbocycles. The van der Waals surface area contributed by atoms with Crippen molar-refractivity contribution in [2.24, 2.45) is 0 Å². The molecule has 1 aliphatic rings. The fourth-order valence-corrected chi connectivity index (χ4v) is 2.78. The van der Waals surface area contributed by atoms with Gasteiger partial charge in [0.25, 0.3) is 5.91 Å². The van der Waals surface area contributed by atoms with Crippen molar-refractivity contribution < 1.29 is 9.18 Å². The SMILES string of the molecule is CN(C)c1nc(N)nc(CN2CCN(C(=O)c3ccc(F)cc3)CC2)n1. The van der Waals surface area contributed by atoms with Gasteiger partial charge in [-0.1, -0.05) is 0 Å². The molecule has 1 saturated heterocycles. The number of carbonyl (C=O) groups excluding carboxylic acids is 1. The van der Waals surface area contributed by atoms with Crippen molar-refractivity contribution in [3.8, 4) is 0 Å². The first-order valence-electron chi connectivity index (χ1n) is 8.37. The third-order valence-corrected chi connectivity index (χ3v) is 4.20. The average Bonchev–Trinajstić information content (AvgIpc) is 2.62. The van der Waals surface area contributed by atoms with Crippen molar-refractivity contribution in [1.29, 1.82) is 0 Å². The predicted octanol–water partition coefficient (Wildman–Crippen LogP) is 0.617. The van der Waals surface area contributed by atoms with Crippen LogP contribution in [0.3, 0.4) is 0 Å². The third kappa shape index (κ3) is 4.23. The number of anilines is 2. The van der Waals surface area contributed by atoms with Crippen molar-refractivity contribution in [1.82, 2.24) is 24.8 Å². The molecule has 2 N–H and O–H groups in total. The number of halogens is 1. The van der Waals surface area contributed by atoms with E-state index in [1.807, 2.05) is 14.1 Å². The highest BCUT2D eigenvalue weighted by atomic mass is 19.1. The lowest BCUT2D eigenvalue weighted by Crippen LogP contribution is -2.48. The number of carbonyl (C=O) groups is 1. The Morgan fingerprint density at radius 3 is 2.38 bits per heavy atom. The second-order valence-electron chi connectivity index (χ2n) is 6.38. The minimum absolute atomic E-state index is 0.0797. The summed E-state index contributed by atoms with van der Waals surface area (Å²) < 4.78 is 13.0. The van der Waals surface area contributed by atoms with Gasteiger partial charge >= 0.3 is 0 Å². The monoisotopic (exact) mass is 359 g/mol. The number of piperazine rings is 1. The van der Waals surface area contributed by atoms with Crippen molar-refractivity contribution in [3.05, 3.63) is 41.5 Å². The lowest BCUT2D eigenvalue weighted by molar-refractivity contribution is 0.0625. The Hall–Kier alpha value is -2.81. The molecule has 3 rings (SSSR count). The lowest BCUT2D eigenvalue weighted by Gasteiger charge is -2.34. The zero-order chi connectivity index (χ0) is 18.7. The molecule has 2 aromatic rings. The van der Waals surface area contributed by atoms with Crippen LogP contribution in [-0.4, -0.2) is 70.9 Å². The number of nitrogens with zero attached hydrogens (tertiary/aromatic N) is 6. The van der Waals surface area contributed by atoms with Crippen LogP contribution in [0.4, 0.5) is 16.3 Å². The topological polar surface area (TPSA) is 91.5 Å². The highest BCUT2D eigenvalue weighted by Crippen LogP contribution is 2.12. The predicted molar refractivity (Wildman–Crippen MR) is 96.1 cm³/mol. The summed E-state index contributed by atoms with van der Waals surface area (Å²) in [6.07, 6.45) is 0. The van der Waals surface area contributed by atoms with E-state index in [1.54, 1.807) is 9.80 Å². The average molecular weight is 359 g/mol. The van der Waals surface area contributed by atoms with Gasteiger partial charge in [0.15, 0.2) is 0 Å². The van der Waals surface area contributed by atoms with Gasteiger partial charge in [0.2, 0.25) is 11.9 Å². The standard InChI is InChI=1S/C17H22FN7O/c1-23(2)17-21-14(20-16(19)22-17)11-24-7-9-25(10-8-24)15(26)12-3-5-13(18)6-4-12/h3-6H,7-11H2,1-2H3,(H2,19,20,21,22). The summed E-state index contributed by atoms with van der Waals surface area (Å²) in [6.45, 7) is 3.15. The van der Waals surface area contributed by atoms with E-state index in [9.17, 15) is 9.18 Å². The van der Waals surface area contributed by atoms with E-state index in [1.165, 1.54) is 24.3 Å². The molecule has 0 radical (unpaired) electrons. The van der Waals surface area contributed by atoms with Crippen LogP contribution in [0.25, 0.3) is 0 Å². The van der Waals surface area contributed by atoms with Gasteiger partial charge in [-0.25, -0.2) is 4.39 Å². The van der Waals surface area contributed by atoms with E-state index in [4.69, 9.17) is 5.73 Å². The summed E-state index contributed by atoms with van der Waals surface area (Å²) in [7, 11) is 3.69. The Morgan fingerprint density at radius 1 is 1.12 bits per heavy atom. The zero-order valence-electron chi connectivity index (χ0n) is 14.9. The number of hydrogen-bond acceptors (Lipinski definition) is 7. The molecular weight excluding hydrogens is 337 g/mol. The number of nitrogens with two attached hydrogens (primary N) is 1. The van der Waals surface area contributed by atoms with E-state index in [2.05, 4.69) is 19.9 Å². The van der Waals surface area contributed by atoms with Crippen molar-refractivity contribution in [2.45, 2.75) is 6.54 Å². The Labute approximate surface area is 151 Å². The van der Waals surface area contributed by atoms with E-state index >= 15 is 0 Å². The molecule has 0 spiro atoms. The molecule has 9 heteroatoms. The molecular formula is C17H22FN7O. The molecule has 26 heavy (non-hydrogen) atoms. The van der Waals surface area contributed by atoms with Gasteiger partial charge in [-0.3, -0.25) is 9.69 Å². The molecule has 1 aromatic heterocycles. The number of aromatic nitrogens is 3. The van der Waals surface area contributed by atoms with Crippen molar-refractivity contribution in [2.75, 3.05) is 50.9 Å². The summed E-state index contributed by atoms with van der Waals surface area (Å²) in [5, 5.41) is 0. The Kier molecular flexibility index (Phi) is 5.27. The number of benzene rings is 1. The maximum Gasteiger partial charge on any atom is 0.253 e. The number of hydrogen-bond donors (Lipinski definition) is 1. The Bertz CT molecular complexity index is 773. The molecule has 1 aromatic carbocycles. The largest absolute Gasteiger partial charge is 0.368 e.